The van der Waals surface area contributed by atoms with Gasteiger partial charge in [-0.25, -0.2) is 8.97 Å². The summed E-state index contributed by atoms with van der Waals surface area (Å²) in [5.41, 5.74) is -0.634. The molecule has 13 heteroatoms. The van der Waals surface area contributed by atoms with E-state index in [2.05, 4.69) is 17.4 Å². The molecule has 2 aromatic carbocycles. The van der Waals surface area contributed by atoms with E-state index in [4.69, 9.17) is 0 Å². The molecule has 4 rings (SSSR count). The van der Waals surface area contributed by atoms with Crippen LogP contribution in [0.5, 0.6) is 0 Å². The molecule has 0 aliphatic carbocycles. The van der Waals surface area contributed by atoms with Crippen LogP contribution in [-0.4, -0.2) is 77.8 Å². The van der Waals surface area contributed by atoms with E-state index in [9.17, 15) is 36.7 Å². The zero-order valence-electron chi connectivity index (χ0n) is 24.2. The number of carbonyl (C=O) groups is 4. The van der Waals surface area contributed by atoms with Gasteiger partial charge in [0.1, 0.15) is 37.1 Å². The summed E-state index contributed by atoms with van der Waals surface area (Å²) >= 11 is 0. The van der Waals surface area contributed by atoms with Crippen molar-refractivity contribution in [3.05, 3.63) is 65.5 Å². The van der Waals surface area contributed by atoms with Crippen LogP contribution in [0.1, 0.15) is 38.3 Å². The van der Waals surface area contributed by atoms with Crippen molar-refractivity contribution in [1.29, 1.82) is 0 Å². The number of amides is 4. The lowest BCUT2D eigenvalue weighted by molar-refractivity contribution is -0.549. The number of likely N-dealkylation sites (tertiary alicyclic amines) is 1. The molecule has 2 aliphatic rings. The smallest absolute Gasteiger partial charge is 0.342 e. The van der Waals surface area contributed by atoms with Crippen molar-refractivity contribution in [3.63, 3.8) is 0 Å². The number of benzene rings is 2. The molecule has 1 unspecified atom stereocenters. The predicted octanol–water partition coefficient (Wildman–Crippen LogP) is 2.74. The van der Waals surface area contributed by atoms with Gasteiger partial charge in [0.05, 0.1) is 6.42 Å². The Kier molecular flexibility index (Phi) is 8.40. The van der Waals surface area contributed by atoms with Crippen LogP contribution >= 0.6 is 0 Å². The maximum atomic E-state index is 14.3. The molecular weight excluding hydrogens is 570 g/mol. The monoisotopic (exact) mass is 604 g/mol. The van der Waals surface area contributed by atoms with E-state index in [1.165, 1.54) is 48.4 Å². The van der Waals surface area contributed by atoms with Crippen LogP contribution in [-0.2, 0) is 31.0 Å². The molecule has 2 aromatic rings. The number of halogens is 4. The normalized spacial score (nSPS) is 21.2. The maximum Gasteiger partial charge on any atom is 0.471 e. The molecule has 0 aromatic heterocycles. The first-order valence-corrected chi connectivity index (χ1v) is 13.6. The topological polar surface area (TPSA) is 111 Å². The van der Waals surface area contributed by atoms with Gasteiger partial charge < -0.3 is 16.0 Å². The van der Waals surface area contributed by atoms with Gasteiger partial charge in [0.25, 0.3) is 5.91 Å². The molecule has 0 radical (unpaired) electrons. The van der Waals surface area contributed by atoms with E-state index in [1.807, 2.05) is 0 Å². The lowest BCUT2D eigenvalue weighted by atomic mass is 9.80. The van der Waals surface area contributed by atoms with Gasteiger partial charge in [0, 0.05) is 18.7 Å². The van der Waals surface area contributed by atoms with Crippen LogP contribution in [0.2, 0.25) is 0 Å². The third-order valence-corrected chi connectivity index (χ3v) is 7.85. The summed E-state index contributed by atoms with van der Waals surface area (Å²) in [6.45, 7) is 8.26. The number of hydrogen-bond acceptors (Lipinski definition) is 4. The van der Waals surface area contributed by atoms with Gasteiger partial charge in [0.15, 0.2) is 0 Å². The first-order chi connectivity index (χ1) is 19.9. The number of carbonyl (C=O) groups excluding carboxylic acids is 4. The molecule has 2 heterocycles. The Balaban J connectivity index is 1.70. The van der Waals surface area contributed by atoms with Gasteiger partial charge in [-0.1, -0.05) is 51.1 Å². The summed E-state index contributed by atoms with van der Waals surface area (Å²) < 4.78 is 54.9. The summed E-state index contributed by atoms with van der Waals surface area (Å²) in [6, 6.07) is 9.39. The van der Waals surface area contributed by atoms with Gasteiger partial charge in [0.2, 0.25) is 18.0 Å². The fourth-order valence-electron chi connectivity index (χ4n) is 5.68. The number of hydrogen-bond donors (Lipinski definition) is 3. The zero-order valence-corrected chi connectivity index (χ0v) is 24.2. The quantitative estimate of drug-likeness (QED) is 0.257. The van der Waals surface area contributed by atoms with Gasteiger partial charge in [-0.15, -0.1) is 0 Å². The van der Waals surface area contributed by atoms with E-state index < -0.39 is 58.8 Å². The highest BCUT2D eigenvalue weighted by molar-refractivity contribution is 6.07. The Hall–Kier alpha value is -4.29. The van der Waals surface area contributed by atoms with E-state index >= 15 is 0 Å². The summed E-state index contributed by atoms with van der Waals surface area (Å²) in [6.07, 6.45) is -5.96. The second-order valence-electron chi connectivity index (χ2n) is 12.2. The first-order valence-electron chi connectivity index (χ1n) is 13.6. The van der Waals surface area contributed by atoms with Crippen molar-refractivity contribution in [1.82, 2.24) is 15.5 Å². The predicted molar refractivity (Wildman–Crippen MR) is 150 cm³/mol. The van der Waals surface area contributed by atoms with Crippen molar-refractivity contribution < 1.29 is 41.3 Å². The number of fused-ring (bicyclic) bond motifs is 2. The minimum absolute atomic E-state index is 0.0672. The molecule has 1 spiro atoms. The summed E-state index contributed by atoms with van der Waals surface area (Å²) in [4.78, 5) is 54.3. The highest BCUT2D eigenvalue weighted by atomic mass is 19.4. The Bertz CT molecular complexity index is 1470. The Morgan fingerprint density at radius 1 is 1.12 bits per heavy atom. The Labute approximate surface area is 246 Å². The number of anilines is 1. The van der Waals surface area contributed by atoms with Crippen LogP contribution < -0.4 is 16.0 Å². The van der Waals surface area contributed by atoms with Crippen molar-refractivity contribution in [2.24, 2.45) is 5.41 Å². The lowest BCUT2D eigenvalue weighted by Gasteiger charge is -2.33. The van der Waals surface area contributed by atoms with Crippen LogP contribution in [0, 0.1) is 11.2 Å². The highest BCUT2D eigenvalue weighted by Gasteiger charge is 2.59. The molecule has 3 N–H and O–H groups in total. The van der Waals surface area contributed by atoms with Crippen molar-refractivity contribution in [3.8, 4) is 0 Å². The standard InChI is InChI=1S/C30H33F4N5O4/c1-28(2,3)23(37-27(43)30(32,33)34)24(40)35-21(14-17-9-8-10-18(31)13-17)25(41)39-16-29(15-22(39)38(4)5)19-11-6-7-12-20(19)36-26(29)42/h6-13,21-23H,4,14-16H2,1-3,5H3,(H2-,35,36,37,40,42,43)/p+1/t21?,22-,23+,29-/m0/s1. The van der Waals surface area contributed by atoms with Crippen molar-refractivity contribution in [2.45, 2.75) is 63.5 Å². The van der Waals surface area contributed by atoms with Gasteiger partial charge >= 0.3 is 12.1 Å². The van der Waals surface area contributed by atoms with Crippen LogP contribution in [0.3, 0.4) is 0 Å². The summed E-state index contributed by atoms with van der Waals surface area (Å²) in [5, 5.41) is 7.11. The Morgan fingerprint density at radius 3 is 2.40 bits per heavy atom. The molecule has 9 nitrogen and oxygen atoms in total. The van der Waals surface area contributed by atoms with E-state index in [-0.39, 0.29) is 25.3 Å². The fourth-order valence-corrected chi connectivity index (χ4v) is 5.68. The van der Waals surface area contributed by atoms with Gasteiger partial charge in [-0.2, -0.15) is 13.2 Å². The number of alkyl halides is 3. The number of rotatable bonds is 7. The molecule has 1 saturated heterocycles. The van der Waals surface area contributed by atoms with Gasteiger partial charge in [-0.05, 0) is 34.7 Å². The minimum atomic E-state index is -5.24. The maximum absolute atomic E-state index is 14.3. The average molecular weight is 605 g/mol. The number of para-hydroxylation sites is 1. The van der Waals surface area contributed by atoms with Crippen LogP contribution in [0.4, 0.5) is 23.2 Å². The zero-order chi connectivity index (χ0) is 31.9. The molecule has 0 saturated carbocycles. The molecular formula is C30H34F4N5O4+. The fraction of sp³-hybridized carbons (Fsp3) is 0.433. The van der Waals surface area contributed by atoms with Crippen LogP contribution in [0.25, 0.3) is 0 Å². The third-order valence-electron chi connectivity index (χ3n) is 7.85. The summed E-state index contributed by atoms with van der Waals surface area (Å²) in [5.74, 6) is -4.88. The molecule has 43 heavy (non-hydrogen) atoms. The molecule has 1 fully saturated rings. The lowest BCUT2D eigenvalue weighted by Crippen LogP contribution is -2.60. The van der Waals surface area contributed by atoms with Crippen LogP contribution in [0.15, 0.2) is 48.5 Å². The number of nitrogens with zero attached hydrogens (tertiary/aromatic N) is 2. The largest absolute Gasteiger partial charge is 0.471 e. The highest BCUT2D eigenvalue weighted by Crippen LogP contribution is 2.46. The van der Waals surface area contributed by atoms with Crippen molar-refractivity contribution >= 4 is 36.0 Å². The minimum Gasteiger partial charge on any atom is -0.342 e. The first kappa shape index (κ1) is 31.6. The number of nitrogens with one attached hydrogen (secondary N) is 3. The van der Waals surface area contributed by atoms with E-state index in [0.29, 0.717) is 16.8 Å². The average Bonchev–Trinajstić information content (AvgIpc) is 3.44. The Morgan fingerprint density at radius 2 is 1.79 bits per heavy atom. The molecule has 0 bridgehead atoms. The third kappa shape index (κ3) is 6.40. The second kappa shape index (κ2) is 11.4. The van der Waals surface area contributed by atoms with E-state index in [0.717, 1.165) is 0 Å². The molecule has 4 amide bonds. The van der Waals surface area contributed by atoms with Gasteiger partial charge in [-0.3, -0.25) is 24.1 Å². The van der Waals surface area contributed by atoms with Crippen molar-refractivity contribution in [2.75, 3.05) is 18.9 Å². The summed E-state index contributed by atoms with van der Waals surface area (Å²) in [7, 11) is 1.63. The van der Waals surface area contributed by atoms with E-state index in [1.54, 1.807) is 42.7 Å². The molecule has 4 atom stereocenters. The SMILES string of the molecule is C=[N+](C)[C@@H]1C[C@@]2(CN1C(=O)C(Cc1cccc(F)c1)NC(=O)[C@@H](NC(=O)C(F)(F)F)C(C)(C)C)C(=O)Nc1ccccc12. The molecule has 230 valence electrons. The molecule has 2 aliphatic heterocycles. The second-order valence-corrected chi connectivity index (χ2v) is 12.2.